The summed E-state index contributed by atoms with van der Waals surface area (Å²) in [6, 6.07) is 5.87. The molecule has 0 spiro atoms. The molecule has 0 aromatic heterocycles. The van der Waals surface area contributed by atoms with Crippen LogP contribution in [0.3, 0.4) is 0 Å². The number of benzene rings is 1. The van der Waals surface area contributed by atoms with Gasteiger partial charge in [-0.3, -0.25) is 4.79 Å². The number of aryl methyl sites for hydroxylation is 1. The highest BCUT2D eigenvalue weighted by atomic mass is 16.7. The van der Waals surface area contributed by atoms with Crippen LogP contribution in [0.4, 0.5) is 0 Å². The van der Waals surface area contributed by atoms with E-state index in [1.54, 1.807) is 0 Å². The maximum absolute atomic E-state index is 10.5. The third-order valence-corrected chi connectivity index (χ3v) is 2.89. The molecule has 1 aromatic carbocycles. The molecule has 0 aliphatic carbocycles. The third-order valence-electron chi connectivity index (χ3n) is 2.89. The Hall–Kier alpha value is -1.71. The highest BCUT2D eigenvalue weighted by Crippen LogP contribution is 2.33. The molecule has 1 aliphatic heterocycles. The molecule has 4 nitrogen and oxygen atoms in total. The van der Waals surface area contributed by atoms with Crippen LogP contribution in [0, 0.1) is 5.92 Å². The van der Waals surface area contributed by atoms with Crippen molar-refractivity contribution in [3.8, 4) is 11.5 Å². The molecule has 1 unspecified atom stereocenters. The summed E-state index contributed by atoms with van der Waals surface area (Å²) in [5.41, 5.74) is 1.16. The monoisotopic (exact) mass is 236 g/mol. The molecule has 0 bridgehead atoms. The van der Waals surface area contributed by atoms with Crippen molar-refractivity contribution >= 4 is 5.97 Å². The Morgan fingerprint density at radius 1 is 1.41 bits per heavy atom. The lowest BCUT2D eigenvalue weighted by molar-refractivity contribution is -0.138. The molecular formula is C13H16O4. The Balaban J connectivity index is 1.89. The quantitative estimate of drug-likeness (QED) is 0.853. The van der Waals surface area contributed by atoms with Crippen LogP contribution in [0.1, 0.15) is 25.3 Å². The van der Waals surface area contributed by atoms with Gasteiger partial charge in [-0.25, -0.2) is 0 Å². The summed E-state index contributed by atoms with van der Waals surface area (Å²) in [5, 5.41) is 8.67. The van der Waals surface area contributed by atoms with E-state index in [9.17, 15) is 4.79 Å². The average molecular weight is 236 g/mol. The van der Waals surface area contributed by atoms with Crippen molar-refractivity contribution in [3.05, 3.63) is 23.8 Å². The lowest BCUT2D eigenvalue weighted by Crippen LogP contribution is -2.05. The lowest BCUT2D eigenvalue weighted by Gasteiger charge is -2.08. The van der Waals surface area contributed by atoms with Gasteiger partial charge in [0.2, 0.25) is 6.79 Å². The van der Waals surface area contributed by atoms with Gasteiger partial charge in [0, 0.05) is 6.42 Å². The van der Waals surface area contributed by atoms with Crippen molar-refractivity contribution < 1.29 is 19.4 Å². The predicted molar refractivity (Wildman–Crippen MR) is 62.3 cm³/mol. The van der Waals surface area contributed by atoms with Crippen LogP contribution in [0.5, 0.6) is 11.5 Å². The van der Waals surface area contributed by atoms with E-state index in [-0.39, 0.29) is 19.1 Å². The minimum Gasteiger partial charge on any atom is -0.481 e. The van der Waals surface area contributed by atoms with E-state index in [4.69, 9.17) is 14.6 Å². The zero-order valence-electron chi connectivity index (χ0n) is 9.81. The van der Waals surface area contributed by atoms with E-state index in [2.05, 4.69) is 0 Å². The van der Waals surface area contributed by atoms with Crippen molar-refractivity contribution in [1.29, 1.82) is 0 Å². The minimum atomic E-state index is -0.733. The summed E-state index contributed by atoms with van der Waals surface area (Å²) in [6.45, 7) is 2.25. The SMILES string of the molecule is CC(CCc1ccc2c(c1)OCO2)CC(=O)O. The van der Waals surface area contributed by atoms with Crippen molar-refractivity contribution in [2.45, 2.75) is 26.2 Å². The first-order valence-corrected chi connectivity index (χ1v) is 5.75. The average Bonchev–Trinajstić information content (AvgIpc) is 2.72. The van der Waals surface area contributed by atoms with Crippen molar-refractivity contribution in [2.24, 2.45) is 5.92 Å². The molecule has 1 N–H and O–H groups in total. The number of fused-ring (bicyclic) bond motifs is 1. The molecule has 0 amide bonds. The number of rotatable bonds is 5. The standard InChI is InChI=1S/C13H16O4/c1-9(6-13(14)15)2-3-10-4-5-11-12(7-10)17-8-16-11/h4-5,7,9H,2-3,6,8H2,1H3,(H,14,15). The third kappa shape index (κ3) is 3.12. The van der Waals surface area contributed by atoms with Gasteiger partial charge in [-0.2, -0.15) is 0 Å². The second-order valence-corrected chi connectivity index (χ2v) is 4.43. The summed E-state index contributed by atoms with van der Waals surface area (Å²) in [7, 11) is 0. The summed E-state index contributed by atoms with van der Waals surface area (Å²) in [4.78, 5) is 10.5. The van der Waals surface area contributed by atoms with E-state index in [1.807, 2.05) is 25.1 Å². The molecular weight excluding hydrogens is 220 g/mol. The van der Waals surface area contributed by atoms with E-state index in [1.165, 1.54) is 0 Å². The Kier molecular flexibility index (Phi) is 3.52. The topological polar surface area (TPSA) is 55.8 Å². The first kappa shape index (κ1) is 11.8. The Labute approximate surface area is 100 Å². The molecule has 1 aromatic rings. The van der Waals surface area contributed by atoms with Crippen LogP contribution in [0.2, 0.25) is 0 Å². The fraction of sp³-hybridized carbons (Fsp3) is 0.462. The van der Waals surface area contributed by atoms with Gasteiger partial charge in [0.15, 0.2) is 11.5 Å². The van der Waals surface area contributed by atoms with Gasteiger partial charge in [0.05, 0.1) is 0 Å². The molecule has 4 heteroatoms. The van der Waals surface area contributed by atoms with Gasteiger partial charge in [-0.05, 0) is 36.5 Å². The highest BCUT2D eigenvalue weighted by Gasteiger charge is 2.14. The van der Waals surface area contributed by atoms with E-state index >= 15 is 0 Å². The second kappa shape index (κ2) is 5.08. The van der Waals surface area contributed by atoms with Gasteiger partial charge in [-0.1, -0.05) is 13.0 Å². The number of aliphatic carboxylic acids is 1. The van der Waals surface area contributed by atoms with Crippen LogP contribution in [0.25, 0.3) is 0 Å². The Morgan fingerprint density at radius 2 is 2.18 bits per heavy atom. The zero-order chi connectivity index (χ0) is 12.3. The van der Waals surface area contributed by atoms with Gasteiger partial charge in [-0.15, -0.1) is 0 Å². The fourth-order valence-corrected chi connectivity index (χ4v) is 1.91. The summed E-state index contributed by atoms with van der Waals surface area (Å²) in [6.07, 6.45) is 1.96. The van der Waals surface area contributed by atoms with Crippen molar-refractivity contribution in [2.75, 3.05) is 6.79 Å². The van der Waals surface area contributed by atoms with Crippen LogP contribution in [-0.2, 0) is 11.2 Å². The molecule has 2 rings (SSSR count). The summed E-state index contributed by atoms with van der Waals surface area (Å²) < 4.78 is 10.5. The molecule has 0 saturated carbocycles. The van der Waals surface area contributed by atoms with Crippen molar-refractivity contribution in [1.82, 2.24) is 0 Å². The highest BCUT2D eigenvalue weighted by molar-refractivity contribution is 5.66. The van der Waals surface area contributed by atoms with E-state index in [0.29, 0.717) is 0 Å². The predicted octanol–water partition coefficient (Wildman–Crippen LogP) is 2.46. The van der Waals surface area contributed by atoms with Crippen LogP contribution in [0.15, 0.2) is 18.2 Å². The van der Waals surface area contributed by atoms with Gasteiger partial charge in [0.25, 0.3) is 0 Å². The van der Waals surface area contributed by atoms with E-state index in [0.717, 1.165) is 29.9 Å². The normalized spacial score (nSPS) is 14.6. The van der Waals surface area contributed by atoms with Crippen LogP contribution in [-0.4, -0.2) is 17.9 Å². The fourth-order valence-electron chi connectivity index (χ4n) is 1.91. The smallest absolute Gasteiger partial charge is 0.303 e. The van der Waals surface area contributed by atoms with Gasteiger partial charge < -0.3 is 14.6 Å². The molecule has 0 saturated heterocycles. The Morgan fingerprint density at radius 3 is 2.94 bits per heavy atom. The number of carboxylic acid groups (broad SMARTS) is 1. The molecule has 0 fully saturated rings. The Bertz CT molecular complexity index is 414. The number of ether oxygens (including phenoxy) is 2. The van der Waals surface area contributed by atoms with Crippen LogP contribution >= 0.6 is 0 Å². The minimum absolute atomic E-state index is 0.193. The number of hydrogen-bond acceptors (Lipinski definition) is 3. The van der Waals surface area contributed by atoms with E-state index < -0.39 is 5.97 Å². The zero-order valence-corrected chi connectivity index (χ0v) is 9.81. The molecule has 1 heterocycles. The lowest BCUT2D eigenvalue weighted by atomic mass is 9.98. The maximum Gasteiger partial charge on any atom is 0.303 e. The summed E-state index contributed by atoms with van der Waals surface area (Å²) >= 11 is 0. The molecule has 1 atom stereocenters. The first-order chi connectivity index (χ1) is 8.15. The van der Waals surface area contributed by atoms with Crippen LogP contribution < -0.4 is 9.47 Å². The van der Waals surface area contributed by atoms with Crippen molar-refractivity contribution in [3.63, 3.8) is 0 Å². The number of hydrogen-bond donors (Lipinski definition) is 1. The van der Waals surface area contributed by atoms with Gasteiger partial charge in [0.1, 0.15) is 0 Å². The molecule has 0 radical (unpaired) electrons. The summed E-state index contributed by atoms with van der Waals surface area (Å²) in [5.74, 6) is 1.03. The first-order valence-electron chi connectivity index (χ1n) is 5.75. The second-order valence-electron chi connectivity index (χ2n) is 4.43. The largest absolute Gasteiger partial charge is 0.481 e. The molecule has 1 aliphatic rings. The number of carboxylic acids is 1. The van der Waals surface area contributed by atoms with Gasteiger partial charge >= 0.3 is 5.97 Å². The number of carbonyl (C=O) groups is 1. The molecule has 17 heavy (non-hydrogen) atoms. The maximum atomic E-state index is 10.5. The molecule has 92 valence electrons.